The molecule has 5 nitrogen and oxygen atoms in total. The molecule has 0 saturated heterocycles. The van der Waals surface area contributed by atoms with E-state index in [0.717, 1.165) is 11.1 Å². The summed E-state index contributed by atoms with van der Waals surface area (Å²) in [4.78, 5) is 0.0948. The predicted octanol–water partition coefficient (Wildman–Crippen LogP) is 3.10. The van der Waals surface area contributed by atoms with E-state index in [-0.39, 0.29) is 4.90 Å². The normalized spacial score (nSPS) is 11.3. The third-order valence-corrected chi connectivity index (χ3v) is 4.50. The Balaban J connectivity index is 2.20. The van der Waals surface area contributed by atoms with Gasteiger partial charge in [0.1, 0.15) is 23.0 Å². The van der Waals surface area contributed by atoms with Crippen LogP contribution in [0.4, 0.5) is 0 Å². The van der Waals surface area contributed by atoms with Gasteiger partial charge in [0.15, 0.2) is 0 Å². The number of rotatable bonds is 7. The second kappa shape index (κ2) is 7.48. The number of methoxy groups -OCH3 is 1. The van der Waals surface area contributed by atoms with Gasteiger partial charge < -0.3 is 13.7 Å². The highest BCUT2D eigenvalue weighted by Crippen LogP contribution is 2.25. The zero-order chi connectivity index (χ0) is 16.9. The van der Waals surface area contributed by atoms with Gasteiger partial charge in [-0.25, -0.2) is 0 Å². The Bertz CT molecular complexity index is 768. The van der Waals surface area contributed by atoms with Crippen molar-refractivity contribution in [3.05, 3.63) is 53.6 Å². The van der Waals surface area contributed by atoms with Crippen LogP contribution in [0.5, 0.6) is 11.5 Å². The smallest absolute Gasteiger partial charge is 0.339 e. The molecule has 124 valence electrons. The topological polar surface area (TPSA) is 61.8 Å². The molecule has 0 saturated carbocycles. The maximum absolute atomic E-state index is 12.4. The summed E-state index contributed by atoms with van der Waals surface area (Å²) in [6, 6.07) is 11.6. The predicted molar refractivity (Wildman–Crippen MR) is 87.5 cm³/mol. The molecule has 0 aliphatic heterocycles. The molecule has 0 atom stereocenters. The SMILES string of the molecule is COCCOc1ccc(S(=O)(=O)Oc2ccccc2C)cc1C. The van der Waals surface area contributed by atoms with Crippen molar-refractivity contribution in [2.24, 2.45) is 0 Å². The van der Waals surface area contributed by atoms with Crippen LogP contribution in [0.15, 0.2) is 47.4 Å². The van der Waals surface area contributed by atoms with Crippen molar-refractivity contribution in [1.29, 1.82) is 0 Å². The van der Waals surface area contributed by atoms with Gasteiger partial charge >= 0.3 is 10.1 Å². The second-order valence-corrected chi connectivity index (χ2v) is 6.62. The Morgan fingerprint density at radius 2 is 1.65 bits per heavy atom. The Kier molecular flexibility index (Phi) is 5.63. The molecular weight excluding hydrogens is 316 g/mol. The van der Waals surface area contributed by atoms with Gasteiger partial charge in [0.05, 0.1) is 6.61 Å². The molecule has 0 heterocycles. The molecule has 0 spiro atoms. The van der Waals surface area contributed by atoms with Crippen LogP contribution >= 0.6 is 0 Å². The number of aryl methyl sites for hydroxylation is 2. The van der Waals surface area contributed by atoms with Crippen molar-refractivity contribution in [2.75, 3.05) is 20.3 Å². The van der Waals surface area contributed by atoms with E-state index in [9.17, 15) is 8.42 Å². The molecule has 0 unspecified atom stereocenters. The lowest BCUT2D eigenvalue weighted by atomic mass is 10.2. The van der Waals surface area contributed by atoms with Crippen molar-refractivity contribution >= 4 is 10.1 Å². The number of para-hydroxylation sites is 1. The van der Waals surface area contributed by atoms with Crippen molar-refractivity contribution in [2.45, 2.75) is 18.7 Å². The van der Waals surface area contributed by atoms with Gasteiger partial charge in [-0.2, -0.15) is 8.42 Å². The van der Waals surface area contributed by atoms with Crippen LogP contribution in [0, 0.1) is 13.8 Å². The minimum absolute atomic E-state index is 0.0948. The summed E-state index contributed by atoms with van der Waals surface area (Å²) >= 11 is 0. The maximum atomic E-state index is 12.4. The van der Waals surface area contributed by atoms with Gasteiger partial charge in [-0.15, -0.1) is 0 Å². The van der Waals surface area contributed by atoms with E-state index in [1.165, 1.54) is 12.1 Å². The maximum Gasteiger partial charge on any atom is 0.339 e. The van der Waals surface area contributed by atoms with E-state index < -0.39 is 10.1 Å². The monoisotopic (exact) mass is 336 g/mol. The third kappa shape index (κ3) is 4.46. The second-order valence-electron chi connectivity index (χ2n) is 5.07. The van der Waals surface area contributed by atoms with Gasteiger partial charge in [-0.1, -0.05) is 18.2 Å². The van der Waals surface area contributed by atoms with Gasteiger partial charge in [-0.05, 0) is 49.2 Å². The fourth-order valence-corrected chi connectivity index (χ4v) is 3.07. The van der Waals surface area contributed by atoms with E-state index >= 15 is 0 Å². The highest BCUT2D eigenvalue weighted by Gasteiger charge is 2.18. The summed E-state index contributed by atoms with van der Waals surface area (Å²) < 4.78 is 40.5. The first kappa shape index (κ1) is 17.3. The van der Waals surface area contributed by atoms with Gasteiger partial charge in [-0.3, -0.25) is 0 Å². The molecule has 0 fully saturated rings. The highest BCUT2D eigenvalue weighted by atomic mass is 32.2. The molecule has 0 N–H and O–H groups in total. The van der Waals surface area contributed by atoms with Crippen LogP contribution < -0.4 is 8.92 Å². The quantitative estimate of drug-likeness (QED) is 0.574. The molecule has 23 heavy (non-hydrogen) atoms. The standard InChI is InChI=1S/C17H20O5S/c1-13-6-4-5-7-17(13)22-23(18,19)15-8-9-16(14(2)12-15)21-11-10-20-3/h4-9,12H,10-11H2,1-3H3. The number of hydrogen-bond acceptors (Lipinski definition) is 5. The molecular formula is C17H20O5S. The molecule has 0 radical (unpaired) electrons. The largest absolute Gasteiger partial charge is 0.491 e. The molecule has 0 bridgehead atoms. The zero-order valence-electron chi connectivity index (χ0n) is 13.4. The number of hydrogen-bond donors (Lipinski definition) is 0. The van der Waals surface area contributed by atoms with E-state index in [1.807, 2.05) is 6.07 Å². The summed E-state index contributed by atoms with van der Waals surface area (Å²) in [5, 5.41) is 0. The molecule has 2 aromatic rings. The fraction of sp³-hybridized carbons (Fsp3) is 0.294. The van der Waals surface area contributed by atoms with E-state index in [2.05, 4.69) is 0 Å². The summed E-state index contributed by atoms with van der Waals surface area (Å²) in [5.74, 6) is 0.947. The summed E-state index contributed by atoms with van der Waals surface area (Å²) in [7, 11) is -2.29. The van der Waals surface area contributed by atoms with Crippen LogP contribution in [-0.2, 0) is 14.9 Å². The van der Waals surface area contributed by atoms with E-state index in [1.54, 1.807) is 45.2 Å². The number of ether oxygens (including phenoxy) is 2. The van der Waals surface area contributed by atoms with Crippen LogP contribution in [0.2, 0.25) is 0 Å². The lowest BCUT2D eigenvalue weighted by Crippen LogP contribution is -2.11. The average Bonchev–Trinajstić information content (AvgIpc) is 2.51. The molecule has 0 aliphatic rings. The van der Waals surface area contributed by atoms with Crippen LogP contribution in [0.25, 0.3) is 0 Å². The Morgan fingerprint density at radius 1 is 0.913 bits per heavy atom. The average molecular weight is 336 g/mol. The first-order chi connectivity index (χ1) is 10.9. The minimum atomic E-state index is -3.88. The summed E-state index contributed by atoms with van der Waals surface area (Å²) in [5.41, 5.74) is 1.47. The lowest BCUT2D eigenvalue weighted by Gasteiger charge is -2.12. The van der Waals surface area contributed by atoms with Gasteiger partial charge in [0.2, 0.25) is 0 Å². The summed E-state index contributed by atoms with van der Waals surface area (Å²) in [6.07, 6.45) is 0. The van der Waals surface area contributed by atoms with Crippen LogP contribution in [0.1, 0.15) is 11.1 Å². The van der Waals surface area contributed by atoms with Crippen LogP contribution in [0.3, 0.4) is 0 Å². The van der Waals surface area contributed by atoms with E-state index in [4.69, 9.17) is 13.7 Å². The van der Waals surface area contributed by atoms with E-state index in [0.29, 0.717) is 24.7 Å². The Labute approximate surface area is 136 Å². The van der Waals surface area contributed by atoms with Crippen LogP contribution in [-0.4, -0.2) is 28.7 Å². The van der Waals surface area contributed by atoms with Crippen molar-refractivity contribution in [3.63, 3.8) is 0 Å². The van der Waals surface area contributed by atoms with Crippen molar-refractivity contribution in [1.82, 2.24) is 0 Å². The molecule has 2 rings (SSSR count). The number of benzene rings is 2. The van der Waals surface area contributed by atoms with Crippen molar-refractivity contribution < 1.29 is 22.1 Å². The molecule has 0 aliphatic carbocycles. The van der Waals surface area contributed by atoms with Gasteiger partial charge in [0.25, 0.3) is 0 Å². The Hall–Kier alpha value is -2.05. The molecule has 0 aromatic heterocycles. The lowest BCUT2D eigenvalue weighted by molar-refractivity contribution is 0.146. The molecule has 6 heteroatoms. The third-order valence-electron chi connectivity index (χ3n) is 3.27. The first-order valence-electron chi connectivity index (χ1n) is 7.16. The summed E-state index contributed by atoms with van der Waals surface area (Å²) in [6.45, 7) is 4.46. The van der Waals surface area contributed by atoms with Gasteiger partial charge in [0, 0.05) is 7.11 Å². The molecule has 2 aromatic carbocycles. The minimum Gasteiger partial charge on any atom is -0.491 e. The van der Waals surface area contributed by atoms with Crippen molar-refractivity contribution in [3.8, 4) is 11.5 Å². The molecule has 0 amide bonds. The first-order valence-corrected chi connectivity index (χ1v) is 8.57. The Morgan fingerprint density at radius 3 is 2.30 bits per heavy atom. The zero-order valence-corrected chi connectivity index (χ0v) is 14.2. The fourth-order valence-electron chi connectivity index (χ4n) is 1.99. The highest BCUT2D eigenvalue weighted by molar-refractivity contribution is 7.87.